The van der Waals surface area contributed by atoms with Gasteiger partial charge in [0.05, 0.1) is 19.3 Å². The van der Waals surface area contributed by atoms with Crippen LogP contribution in [0.3, 0.4) is 0 Å². The van der Waals surface area contributed by atoms with E-state index in [9.17, 15) is 5.11 Å². The SMILES string of the molecule is CCCNc1nc(CC)nc(N2CCOC(CO)C2)c1C. The molecule has 118 valence electrons. The summed E-state index contributed by atoms with van der Waals surface area (Å²) in [7, 11) is 0. The van der Waals surface area contributed by atoms with Crippen LogP contribution in [0.4, 0.5) is 11.6 Å². The lowest BCUT2D eigenvalue weighted by Crippen LogP contribution is -2.45. The van der Waals surface area contributed by atoms with Crippen molar-refractivity contribution in [2.75, 3.05) is 43.1 Å². The van der Waals surface area contributed by atoms with Crippen LogP contribution in [0.15, 0.2) is 0 Å². The van der Waals surface area contributed by atoms with Crippen molar-refractivity contribution in [1.82, 2.24) is 9.97 Å². The fourth-order valence-corrected chi connectivity index (χ4v) is 2.45. The second-order valence-corrected chi connectivity index (χ2v) is 5.34. The van der Waals surface area contributed by atoms with Crippen LogP contribution in [-0.4, -0.2) is 54.0 Å². The lowest BCUT2D eigenvalue weighted by Gasteiger charge is -2.34. The number of hydrogen-bond donors (Lipinski definition) is 2. The van der Waals surface area contributed by atoms with E-state index in [1.165, 1.54) is 0 Å². The summed E-state index contributed by atoms with van der Waals surface area (Å²) in [5.41, 5.74) is 1.07. The third kappa shape index (κ3) is 3.83. The van der Waals surface area contributed by atoms with Crippen LogP contribution >= 0.6 is 0 Å². The molecule has 0 aliphatic carbocycles. The smallest absolute Gasteiger partial charge is 0.137 e. The minimum atomic E-state index is -0.134. The van der Waals surface area contributed by atoms with Crippen LogP contribution in [0.2, 0.25) is 0 Å². The van der Waals surface area contributed by atoms with Gasteiger partial charge in [0.1, 0.15) is 17.5 Å². The molecular formula is C15H26N4O2. The van der Waals surface area contributed by atoms with E-state index < -0.39 is 0 Å². The highest BCUT2D eigenvalue weighted by molar-refractivity contribution is 5.59. The molecular weight excluding hydrogens is 268 g/mol. The van der Waals surface area contributed by atoms with Gasteiger partial charge in [0.15, 0.2) is 0 Å². The number of aliphatic hydroxyl groups excluding tert-OH is 1. The summed E-state index contributed by atoms with van der Waals surface area (Å²) in [5, 5.41) is 12.7. The van der Waals surface area contributed by atoms with Gasteiger partial charge in [0.2, 0.25) is 0 Å². The fourth-order valence-electron chi connectivity index (χ4n) is 2.45. The number of nitrogens with zero attached hydrogens (tertiary/aromatic N) is 3. The van der Waals surface area contributed by atoms with Gasteiger partial charge in [-0.1, -0.05) is 13.8 Å². The number of hydrogen-bond acceptors (Lipinski definition) is 6. The van der Waals surface area contributed by atoms with Crippen LogP contribution in [0.5, 0.6) is 0 Å². The maximum absolute atomic E-state index is 9.30. The normalized spacial score (nSPS) is 18.9. The highest BCUT2D eigenvalue weighted by Gasteiger charge is 2.23. The topological polar surface area (TPSA) is 70.5 Å². The van der Waals surface area contributed by atoms with Crippen LogP contribution < -0.4 is 10.2 Å². The second-order valence-electron chi connectivity index (χ2n) is 5.34. The quantitative estimate of drug-likeness (QED) is 0.826. The van der Waals surface area contributed by atoms with E-state index in [4.69, 9.17) is 4.74 Å². The summed E-state index contributed by atoms with van der Waals surface area (Å²) in [6.45, 7) is 9.29. The molecule has 1 saturated heterocycles. The van der Waals surface area contributed by atoms with E-state index in [2.05, 4.69) is 41.0 Å². The third-order valence-corrected chi connectivity index (χ3v) is 3.67. The van der Waals surface area contributed by atoms with Crippen molar-refractivity contribution in [2.45, 2.75) is 39.7 Å². The van der Waals surface area contributed by atoms with Crippen molar-refractivity contribution in [3.8, 4) is 0 Å². The molecule has 2 heterocycles. The molecule has 1 aliphatic heterocycles. The van der Waals surface area contributed by atoms with Crippen molar-refractivity contribution >= 4 is 11.6 Å². The van der Waals surface area contributed by atoms with Crippen molar-refractivity contribution in [3.05, 3.63) is 11.4 Å². The molecule has 1 aromatic heterocycles. The Balaban J connectivity index is 2.28. The maximum Gasteiger partial charge on any atom is 0.137 e. The van der Waals surface area contributed by atoms with E-state index >= 15 is 0 Å². The predicted octanol–water partition coefficient (Wildman–Crippen LogP) is 1.37. The van der Waals surface area contributed by atoms with Gasteiger partial charge in [-0.05, 0) is 13.3 Å². The molecule has 1 aromatic rings. The first-order valence-electron chi connectivity index (χ1n) is 7.78. The zero-order chi connectivity index (χ0) is 15.2. The van der Waals surface area contributed by atoms with Crippen molar-refractivity contribution in [3.63, 3.8) is 0 Å². The largest absolute Gasteiger partial charge is 0.394 e. The molecule has 0 saturated carbocycles. The first-order valence-corrected chi connectivity index (χ1v) is 7.78. The molecule has 1 unspecified atom stereocenters. The molecule has 0 spiro atoms. The van der Waals surface area contributed by atoms with Crippen molar-refractivity contribution < 1.29 is 9.84 Å². The Morgan fingerprint density at radius 2 is 2.19 bits per heavy atom. The summed E-state index contributed by atoms with van der Waals surface area (Å²) in [6.07, 6.45) is 1.73. The number of ether oxygens (including phenoxy) is 1. The van der Waals surface area contributed by atoms with E-state index in [0.717, 1.165) is 49.0 Å². The number of aryl methyl sites for hydroxylation is 1. The van der Waals surface area contributed by atoms with Gasteiger partial charge >= 0.3 is 0 Å². The van der Waals surface area contributed by atoms with Gasteiger partial charge in [0, 0.05) is 31.6 Å². The average molecular weight is 294 g/mol. The van der Waals surface area contributed by atoms with Crippen LogP contribution in [-0.2, 0) is 11.2 Å². The zero-order valence-corrected chi connectivity index (χ0v) is 13.2. The van der Waals surface area contributed by atoms with Gasteiger partial charge < -0.3 is 20.1 Å². The minimum Gasteiger partial charge on any atom is -0.394 e. The monoisotopic (exact) mass is 294 g/mol. The number of nitrogens with one attached hydrogen (secondary N) is 1. The first kappa shape index (κ1) is 16.0. The Labute approximate surface area is 126 Å². The molecule has 1 aliphatic rings. The third-order valence-electron chi connectivity index (χ3n) is 3.67. The molecule has 1 atom stereocenters. The van der Waals surface area contributed by atoms with Crippen LogP contribution in [0, 0.1) is 6.92 Å². The lowest BCUT2D eigenvalue weighted by molar-refractivity contribution is 0.00332. The Hall–Kier alpha value is -1.40. The molecule has 6 nitrogen and oxygen atoms in total. The van der Waals surface area contributed by atoms with Crippen molar-refractivity contribution in [1.29, 1.82) is 0 Å². The summed E-state index contributed by atoms with van der Waals surface area (Å²) >= 11 is 0. The van der Waals surface area contributed by atoms with E-state index in [1.54, 1.807) is 0 Å². The Morgan fingerprint density at radius 1 is 1.38 bits per heavy atom. The van der Waals surface area contributed by atoms with E-state index in [0.29, 0.717) is 13.2 Å². The molecule has 0 radical (unpaired) electrons. The van der Waals surface area contributed by atoms with Gasteiger partial charge in [0.25, 0.3) is 0 Å². The highest BCUT2D eigenvalue weighted by atomic mass is 16.5. The lowest BCUT2D eigenvalue weighted by atomic mass is 10.2. The number of rotatable bonds is 6. The molecule has 1 fully saturated rings. The first-order chi connectivity index (χ1) is 10.2. The number of aliphatic hydroxyl groups is 1. The molecule has 2 N–H and O–H groups in total. The molecule has 0 aromatic carbocycles. The molecule has 2 rings (SSSR count). The average Bonchev–Trinajstić information content (AvgIpc) is 2.54. The van der Waals surface area contributed by atoms with Gasteiger partial charge in [-0.3, -0.25) is 0 Å². The maximum atomic E-state index is 9.30. The minimum absolute atomic E-state index is 0.0439. The van der Waals surface area contributed by atoms with Gasteiger partial charge in [-0.25, -0.2) is 9.97 Å². The number of aromatic nitrogens is 2. The standard InChI is InChI=1S/C15H26N4O2/c1-4-6-16-14-11(3)15(18-13(5-2)17-14)19-7-8-21-12(9-19)10-20/h12,20H,4-10H2,1-3H3,(H,16,17,18). The Morgan fingerprint density at radius 3 is 2.86 bits per heavy atom. The fraction of sp³-hybridized carbons (Fsp3) is 0.733. The summed E-state index contributed by atoms with van der Waals surface area (Å²) < 4.78 is 5.52. The molecule has 0 bridgehead atoms. The van der Waals surface area contributed by atoms with E-state index in [-0.39, 0.29) is 12.7 Å². The Bertz CT molecular complexity index is 467. The highest BCUT2D eigenvalue weighted by Crippen LogP contribution is 2.25. The second kappa shape index (κ2) is 7.56. The number of anilines is 2. The van der Waals surface area contributed by atoms with Crippen LogP contribution in [0.25, 0.3) is 0 Å². The number of morpholine rings is 1. The van der Waals surface area contributed by atoms with Gasteiger partial charge in [-0.2, -0.15) is 0 Å². The Kier molecular flexibility index (Phi) is 5.76. The summed E-state index contributed by atoms with van der Waals surface area (Å²) in [4.78, 5) is 11.5. The van der Waals surface area contributed by atoms with Gasteiger partial charge in [-0.15, -0.1) is 0 Å². The van der Waals surface area contributed by atoms with E-state index in [1.807, 2.05) is 0 Å². The molecule has 21 heavy (non-hydrogen) atoms. The van der Waals surface area contributed by atoms with Crippen molar-refractivity contribution in [2.24, 2.45) is 0 Å². The van der Waals surface area contributed by atoms with Crippen LogP contribution in [0.1, 0.15) is 31.7 Å². The predicted molar refractivity (Wildman–Crippen MR) is 84.0 cm³/mol. The summed E-state index contributed by atoms with van der Waals surface area (Å²) in [5.74, 6) is 2.73. The molecule has 6 heteroatoms. The summed E-state index contributed by atoms with van der Waals surface area (Å²) in [6, 6.07) is 0. The molecule has 0 amide bonds. The zero-order valence-electron chi connectivity index (χ0n) is 13.2.